The van der Waals surface area contributed by atoms with Gasteiger partial charge in [0.1, 0.15) is 0 Å². The topological polar surface area (TPSA) is 59.7 Å². The summed E-state index contributed by atoms with van der Waals surface area (Å²) in [6, 6.07) is 2.02. The van der Waals surface area contributed by atoms with Gasteiger partial charge in [-0.3, -0.25) is 14.1 Å². The van der Waals surface area contributed by atoms with Gasteiger partial charge in [0.05, 0.1) is 19.3 Å². The minimum Gasteiger partial charge on any atom is -0.468 e. The van der Waals surface area contributed by atoms with E-state index in [1.54, 1.807) is 0 Å². The maximum absolute atomic E-state index is 11.5. The third-order valence-electron chi connectivity index (χ3n) is 3.32. The fraction of sp³-hybridized carbons (Fsp3) is 0.533. The summed E-state index contributed by atoms with van der Waals surface area (Å²) < 4.78 is 6.72. The highest BCUT2D eigenvalue weighted by molar-refractivity contribution is 5.71. The minimum absolute atomic E-state index is 0.225. The van der Waals surface area contributed by atoms with Crippen LogP contribution in [0.3, 0.4) is 0 Å². The summed E-state index contributed by atoms with van der Waals surface area (Å²) in [6.45, 7) is 7.80. The molecule has 0 aliphatic carbocycles. The van der Waals surface area contributed by atoms with Crippen LogP contribution in [0, 0.1) is 13.8 Å². The third-order valence-corrected chi connectivity index (χ3v) is 3.32. The molecule has 0 atom stereocenters. The number of carbonyl (C=O) groups is 1. The smallest absolute Gasteiger partial charge is 0.319 e. The zero-order chi connectivity index (χ0) is 15.4. The summed E-state index contributed by atoms with van der Waals surface area (Å²) in [5.41, 5.74) is 2.97. The van der Waals surface area contributed by atoms with Gasteiger partial charge in [-0.1, -0.05) is 6.92 Å². The molecule has 0 amide bonds. The Morgan fingerprint density at radius 1 is 1.38 bits per heavy atom. The maximum atomic E-state index is 11.5. The second-order valence-electron chi connectivity index (χ2n) is 5.23. The highest BCUT2D eigenvalue weighted by Crippen LogP contribution is 2.10. The fourth-order valence-electron chi connectivity index (χ4n) is 2.40. The number of aryl methyl sites for hydroxylation is 2. The van der Waals surface area contributed by atoms with Crippen LogP contribution in [0.4, 0.5) is 0 Å². The Morgan fingerprint density at radius 2 is 2.14 bits per heavy atom. The van der Waals surface area contributed by atoms with E-state index < -0.39 is 0 Å². The Bertz CT molecular complexity index is 636. The monoisotopic (exact) mass is 290 g/mol. The Balaban J connectivity index is 2.20. The van der Waals surface area contributed by atoms with E-state index in [2.05, 4.69) is 16.9 Å². The molecule has 0 N–H and O–H groups in total. The molecule has 2 aromatic heterocycles. The Hall–Kier alpha value is -1.95. The van der Waals surface area contributed by atoms with Crippen LogP contribution < -0.4 is 0 Å². The molecule has 21 heavy (non-hydrogen) atoms. The van der Waals surface area contributed by atoms with Gasteiger partial charge in [-0.05, 0) is 32.9 Å². The van der Waals surface area contributed by atoms with Gasteiger partial charge in [-0.15, -0.1) is 0 Å². The van der Waals surface area contributed by atoms with Crippen LogP contribution in [0.1, 0.15) is 30.4 Å². The molecule has 0 fully saturated rings. The van der Waals surface area contributed by atoms with Crippen LogP contribution >= 0.6 is 0 Å². The number of rotatable bonds is 6. The number of nitrogens with zero attached hydrogens (tertiary/aromatic N) is 4. The molecule has 0 aromatic carbocycles. The van der Waals surface area contributed by atoms with Gasteiger partial charge in [0.2, 0.25) is 5.78 Å². The third kappa shape index (κ3) is 3.78. The lowest BCUT2D eigenvalue weighted by Crippen LogP contribution is -2.31. The first-order valence-electron chi connectivity index (χ1n) is 7.15. The molecule has 0 aliphatic rings. The van der Waals surface area contributed by atoms with Crippen molar-refractivity contribution in [2.45, 2.75) is 33.7 Å². The van der Waals surface area contributed by atoms with Gasteiger partial charge in [0.15, 0.2) is 0 Å². The summed E-state index contributed by atoms with van der Waals surface area (Å²) >= 11 is 0. The van der Waals surface area contributed by atoms with Crippen molar-refractivity contribution in [3.63, 3.8) is 0 Å². The van der Waals surface area contributed by atoms with E-state index in [1.165, 1.54) is 7.11 Å². The number of imidazole rings is 1. The molecule has 6 heteroatoms. The van der Waals surface area contributed by atoms with Crippen molar-refractivity contribution in [1.29, 1.82) is 0 Å². The summed E-state index contributed by atoms with van der Waals surface area (Å²) in [4.78, 5) is 22.5. The van der Waals surface area contributed by atoms with Crippen molar-refractivity contribution < 1.29 is 9.53 Å². The first kappa shape index (κ1) is 15.4. The quantitative estimate of drug-likeness (QED) is 0.758. The summed E-state index contributed by atoms with van der Waals surface area (Å²) in [5, 5.41) is 0. The summed E-state index contributed by atoms with van der Waals surface area (Å²) in [6.07, 6.45) is 2.96. The lowest BCUT2D eigenvalue weighted by Gasteiger charge is -2.18. The van der Waals surface area contributed by atoms with Crippen molar-refractivity contribution >= 4 is 11.7 Å². The summed E-state index contributed by atoms with van der Waals surface area (Å²) in [7, 11) is 1.41. The number of methoxy groups -OCH3 is 1. The average Bonchev–Trinajstić information content (AvgIpc) is 2.81. The molecule has 6 nitrogen and oxygen atoms in total. The Morgan fingerprint density at radius 3 is 2.81 bits per heavy atom. The molecule has 114 valence electrons. The zero-order valence-corrected chi connectivity index (χ0v) is 13.1. The van der Waals surface area contributed by atoms with E-state index in [-0.39, 0.29) is 12.5 Å². The van der Waals surface area contributed by atoms with E-state index >= 15 is 0 Å². The fourth-order valence-corrected chi connectivity index (χ4v) is 2.40. The molecule has 0 aliphatic heterocycles. The van der Waals surface area contributed by atoms with Crippen LogP contribution in [0.25, 0.3) is 5.78 Å². The van der Waals surface area contributed by atoms with Crippen LogP contribution in [0.5, 0.6) is 0 Å². The van der Waals surface area contributed by atoms with E-state index in [0.717, 1.165) is 30.0 Å². The van der Waals surface area contributed by atoms with Gasteiger partial charge in [-0.25, -0.2) is 9.97 Å². The highest BCUT2D eigenvalue weighted by atomic mass is 16.5. The molecular formula is C15H22N4O2. The first-order chi connectivity index (χ1) is 10.0. The van der Waals surface area contributed by atoms with Crippen LogP contribution in [-0.4, -0.2) is 45.4 Å². The molecule has 0 spiro atoms. The standard InChI is InChI=1S/C15H22N4O2/c1-5-6-18(10-14(20)21-4)8-13-9-19-12(3)7-11(2)16-15(19)17-13/h7,9H,5-6,8,10H2,1-4H3. The molecular weight excluding hydrogens is 268 g/mol. The van der Waals surface area contributed by atoms with E-state index in [0.29, 0.717) is 12.3 Å². The molecule has 0 saturated carbocycles. The minimum atomic E-state index is -0.225. The van der Waals surface area contributed by atoms with Crippen LogP contribution in [0.15, 0.2) is 12.3 Å². The van der Waals surface area contributed by atoms with Crippen molar-refractivity contribution in [3.05, 3.63) is 29.3 Å². The molecule has 0 radical (unpaired) electrons. The number of carbonyl (C=O) groups excluding carboxylic acids is 1. The number of hydrogen-bond acceptors (Lipinski definition) is 5. The molecule has 2 heterocycles. The highest BCUT2D eigenvalue weighted by Gasteiger charge is 2.13. The summed E-state index contributed by atoms with van der Waals surface area (Å²) in [5.74, 6) is 0.481. The normalized spacial score (nSPS) is 11.3. The van der Waals surface area contributed by atoms with E-state index in [4.69, 9.17) is 4.74 Å². The molecule has 0 bridgehead atoms. The number of ether oxygens (including phenoxy) is 1. The second kappa shape index (κ2) is 6.67. The predicted molar refractivity (Wildman–Crippen MR) is 80.0 cm³/mol. The molecule has 2 rings (SSSR count). The largest absolute Gasteiger partial charge is 0.468 e. The van der Waals surface area contributed by atoms with Gasteiger partial charge in [0.25, 0.3) is 0 Å². The average molecular weight is 290 g/mol. The van der Waals surface area contributed by atoms with Crippen molar-refractivity contribution in [2.75, 3.05) is 20.2 Å². The van der Waals surface area contributed by atoms with E-state index in [9.17, 15) is 4.79 Å². The molecule has 2 aromatic rings. The van der Waals surface area contributed by atoms with Gasteiger partial charge in [0, 0.05) is 24.1 Å². The van der Waals surface area contributed by atoms with Crippen molar-refractivity contribution in [3.8, 4) is 0 Å². The Kier molecular flexibility index (Phi) is 4.90. The first-order valence-corrected chi connectivity index (χ1v) is 7.15. The molecule has 0 saturated heterocycles. The SMILES string of the molecule is CCCN(CC(=O)OC)Cc1cn2c(C)cc(C)nc2n1. The second-order valence-corrected chi connectivity index (χ2v) is 5.23. The molecule has 0 unspecified atom stereocenters. The van der Waals surface area contributed by atoms with Crippen LogP contribution in [0.2, 0.25) is 0 Å². The zero-order valence-electron chi connectivity index (χ0n) is 13.1. The number of esters is 1. The number of fused-ring (bicyclic) bond motifs is 1. The van der Waals surface area contributed by atoms with E-state index in [1.807, 2.05) is 35.4 Å². The van der Waals surface area contributed by atoms with Crippen molar-refractivity contribution in [1.82, 2.24) is 19.3 Å². The predicted octanol–water partition coefficient (Wildman–Crippen LogP) is 1.73. The van der Waals surface area contributed by atoms with Gasteiger partial charge in [-0.2, -0.15) is 0 Å². The lowest BCUT2D eigenvalue weighted by molar-refractivity contribution is -0.142. The lowest BCUT2D eigenvalue weighted by atomic mass is 10.3. The van der Waals surface area contributed by atoms with Crippen LogP contribution in [-0.2, 0) is 16.1 Å². The van der Waals surface area contributed by atoms with Gasteiger partial charge >= 0.3 is 5.97 Å². The maximum Gasteiger partial charge on any atom is 0.319 e. The Labute approximate surface area is 124 Å². The number of aromatic nitrogens is 3. The number of hydrogen-bond donors (Lipinski definition) is 0. The van der Waals surface area contributed by atoms with Crippen molar-refractivity contribution in [2.24, 2.45) is 0 Å². The van der Waals surface area contributed by atoms with Gasteiger partial charge < -0.3 is 4.74 Å².